The molecule has 0 bridgehead atoms. The molecule has 0 aliphatic carbocycles. The lowest BCUT2D eigenvalue weighted by molar-refractivity contribution is 0.0349. The highest BCUT2D eigenvalue weighted by molar-refractivity contribution is 5.56. The van der Waals surface area contributed by atoms with Crippen LogP contribution in [-0.2, 0) is 4.74 Å². The summed E-state index contributed by atoms with van der Waals surface area (Å²) in [5.74, 6) is 0.602. The lowest BCUT2D eigenvalue weighted by Crippen LogP contribution is -2.16. The first-order valence-corrected chi connectivity index (χ1v) is 5.35. The minimum Gasteiger partial charge on any atom is -0.378 e. The van der Waals surface area contributed by atoms with E-state index in [4.69, 9.17) is 4.74 Å². The Bertz CT molecular complexity index is 155. The van der Waals surface area contributed by atoms with Gasteiger partial charge >= 0.3 is 0 Å². The van der Waals surface area contributed by atoms with Crippen LogP contribution in [0.5, 0.6) is 0 Å². The third kappa shape index (κ3) is 8.05. The van der Waals surface area contributed by atoms with E-state index >= 15 is 0 Å². The summed E-state index contributed by atoms with van der Waals surface area (Å²) < 4.78 is 5.64. The van der Waals surface area contributed by atoms with E-state index in [0.29, 0.717) is 12.0 Å². The summed E-state index contributed by atoms with van der Waals surface area (Å²) >= 11 is 0. The van der Waals surface area contributed by atoms with Gasteiger partial charge in [-0.1, -0.05) is 13.8 Å². The monoisotopic (exact) mass is 200 g/mol. The van der Waals surface area contributed by atoms with Crippen LogP contribution in [0.25, 0.3) is 0 Å². The number of hydrazone groups is 1. The van der Waals surface area contributed by atoms with Crippen molar-refractivity contribution in [1.82, 2.24) is 5.01 Å². The molecule has 0 N–H and O–H groups in total. The van der Waals surface area contributed by atoms with Gasteiger partial charge < -0.3 is 9.75 Å². The third-order valence-corrected chi connectivity index (χ3v) is 2.11. The van der Waals surface area contributed by atoms with Crippen molar-refractivity contribution in [2.75, 3.05) is 20.7 Å². The molecular formula is C11H24N2O. The Hall–Kier alpha value is -0.570. The molecule has 0 aromatic rings. The normalized spacial score (nSPS) is 13.9. The smallest absolute Gasteiger partial charge is 0.0569 e. The minimum absolute atomic E-state index is 0.362. The maximum absolute atomic E-state index is 5.64. The van der Waals surface area contributed by atoms with Crippen molar-refractivity contribution in [2.45, 2.75) is 39.7 Å². The van der Waals surface area contributed by atoms with Gasteiger partial charge in [0.05, 0.1) is 6.10 Å². The second-order valence-corrected chi connectivity index (χ2v) is 4.11. The van der Waals surface area contributed by atoms with Crippen LogP contribution in [0.2, 0.25) is 0 Å². The first-order chi connectivity index (χ1) is 6.54. The van der Waals surface area contributed by atoms with Crippen molar-refractivity contribution < 1.29 is 4.74 Å². The molecule has 0 heterocycles. The molecular weight excluding hydrogens is 176 g/mol. The summed E-state index contributed by atoms with van der Waals surface area (Å²) in [6, 6.07) is 0. The Labute approximate surface area is 88.1 Å². The van der Waals surface area contributed by atoms with Crippen molar-refractivity contribution in [2.24, 2.45) is 11.0 Å². The zero-order valence-electron chi connectivity index (χ0n) is 10.2. The highest BCUT2D eigenvalue weighted by Crippen LogP contribution is 2.05. The molecule has 84 valence electrons. The summed E-state index contributed by atoms with van der Waals surface area (Å²) in [5.41, 5.74) is 0. The lowest BCUT2D eigenvalue weighted by Gasteiger charge is -2.15. The molecule has 0 saturated carbocycles. The topological polar surface area (TPSA) is 24.8 Å². The predicted molar refractivity (Wildman–Crippen MR) is 61.7 cm³/mol. The van der Waals surface area contributed by atoms with Crippen molar-refractivity contribution in [3.8, 4) is 0 Å². The maximum atomic E-state index is 5.64. The quantitative estimate of drug-likeness (QED) is 0.358. The van der Waals surface area contributed by atoms with Gasteiger partial charge in [0, 0.05) is 26.9 Å². The summed E-state index contributed by atoms with van der Waals surface area (Å²) in [4.78, 5) is 0. The van der Waals surface area contributed by atoms with Crippen molar-refractivity contribution in [3.63, 3.8) is 0 Å². The van der Waals surface area contributed by atoms with E-state index in [-0.39, 0.29) is 0 Å². The summed E-state index contributed by atoms with van der Waals surface area (Å²) in [6.07, 6.45) is 4.33. The van der Waals surface area contributed by atoms with Crippen LogP contribution in [-0.4, -0.2) is 38.0 Å². The fourth-order valence-corrected chi connectivity index (χ4v) is 0.857. The Morgan fingerprint density at radius 3 is 2.43 bits per heavy atom. The van der Waals surface area contributed by atoms with Gasteiger partial charge in [-0.2, -0.15) is 5.10 Å². The maximum Gasteiger partial charge on any atom is 0.0569 e. The van der Waals surface area contributed by atoms with Gasteiger partial charge in [-0.05, 0) is 25.7 Å². The summed E-state index contributed by atoms with van der Waals surface area (Å²) in [5, 5.41) is 5.93. The van der Waals surface area contributed by atoms with E-state index in [2.05, 4.69) is 25.9 Å². The molecule has 0 fully saturated rings. The second kappa shape index (κ2) is 7.80. The lowest BCUT2D eigenvalue weighted by atomic mass is 10.1. The molecule has 0 unspecified atom stereocenters. The Kier molecular flexibility index (Phi) is 7.48. The van der Waals surface area contributed by atoms with Gasteiger partial charge in [0.2, 0.25) is 0 Å². The van der Waals surface area contributed by atoms with E-state index in [1.54, 1.807) is 5.01 Å². The highest BCUT2D eigenvalue weighted by Gasteiger charge is 2.05. The first kappa shape index (κ1) is 13.4. The first-order valence-electron chi connectivity index (χ1n) is 5.35. The van der Waals surface area contributed by atoms with Gasteiger partial charge in [0.15, 0.2) is 0 Å². The van der Waals surface area contributed by atoms with Gasteiger partial charge in [-0.15, -0.1) is 0 Å². The number of rotatable bonds is 7. The van der Waals surface area contributed by atoms with Crippen LogP contribution in [0.4, 0.5) is 0 Å². The van der Waals surface area contributed by atoms with Crippen LogP contribution in [0.15, 0.2) is 5.10 Å². The average molecular weight is 200 g/mol. The molecule has 0 rings (SSSR count). The Morgan fingerprint density at radius 2 is 1.93 bits per heavy atom. The molecule has 3 heteroatoms. The molecule has 0 aromatic carbocycles. The standard InChI is InChI=1S/C11H24N2O/c1-10(2)11(3)14-9-7-6-8-12-13(4)5/h8,10-11H,6-7,9H2,1-5H3/b12-8+/t11-/m1/s1. The molecule has 1 atom stereocenters. The van der Waals surface area contributed by atoms with Crippen LogP contribution < -0.4 is 0 Å². The largest absolute Gasteiger partial charge is 0.378 e. The van der Waals surface area contributed by atoms with Crippen molar-refractivity contribution >= 4 is 6.21 Å². The van der Waals surface area contributed by atoms with E-state index in [1.165, 1.54) is 0 Å². The van der Waals surface area contributed by atoms with Gasteiger partial charge in [-0.3, -0.25) is 0 Å². The predicted octanol–water partition coefficient (Wildman–Crippen LogP) is 2.38. The van der Waals surface area contributed by atoms with Crippen LogP contribution in [0.1, 0.15) is 33.6 Å². The van der Waals surface area contributed by atoms with E-state index in [9.17, 15) is 0 Å². The summed E-state index contributed by atoms with van der Waals surface area (Å²) in [7, 11) is 3.85. The molecule has 0 spiro atoms. The van der Waals surface area contributed by atoms with Crippen LogP contribution >= 0.6 is 0 Å². The van der Waals surface area contributed by atoms with Crippen molar-refractivity contribution in [3.05, 3.63) is 0 Å². The highest BCUT2D eigenvalue weighted by atomic mass is 16.5. The van der Waals surface area contributed by atoms with Gasteiger partial charge in [0.1, 0.15) is 0 Å². The van der Waals surface area contributed by atoms with E-state index in [0.717, 1.165) is 19.4 Å². The van der Waals surface area contributed by atoms with E-state index < -0.39 is 0 Å². The molecule has 14 heavy (non-hydrogen) atoms. The van der Waals surface area contributed by atoms with Crippen LogP contribution in [0.3, 0.4) is 0 Å². The Morgan fingerprint density at radius 1 is 1.29 bits per heavy atom. The number of unbranched alkanes of at least 4 members (excludes halogenated alkanes) is 1. The number of nitrogens with zero attached hydrogens (tertiary/aromatic N) is 2. The number of hydrogen-bond acceptors (Lipinski definition) is 3. The zero-order chi connectivity index (χ0) is 11.0. The SMILES string of the molecule is CC(C)[C@@H](C)OCCC/C=N/N(C)C. The second-order valence-electron chi connectivity index (χ2n) is 4.11. The van der Waals surface area contributed by atoms with Gasteiger partial charge in [-0.25, -0.2) is 0 Å². The molecule has 0 aromatic heterocycles. The minimum atomic E-state index is 0.362. The zero-order valence-corrected chi connectivity index (χ0v) is 10.2. The third-order valence-electron chi connectivity index (χ3n) is 2.11. The molecule has 0 amide bonds. The van der Waals surface area contributed by atoms with Gasteiger partial charge in [0.25, 0.3) is 0 Å². The molecule has 3 nitrogen and oxygen atoms in total. The molecule has 0 aliphatic heterocycles. The molecule has 0 saturated heterocycles. The fourth-order valence-electron chi connectivity index (χ4n) is 0.857. The van der Waals surface area contributed by atoms with Crippen molar-refractivity contribution in [1.29, 1.82) is 0 Å². The fraction of sp³-hybridized carbons (Fsp3) is 0.909. The average Bonchev–Trinajstić information content (AvgIpc) is 2.09. The molecule has 0 aliphatic rings. The van der Waals surface area contributed by atoms with Crippen LogP contribution in [0, 0.1) is 5.92 Å². The van der Waals surface area contributed by atoms with E-state index in [1.807, 2.05) is 20.3 Å². The number of ether oxygens (including phenoxy) is 1. The number of hydrogen-bond donors (Lipinski definition) is 0. The summed E-state index contributed by atoms with van der Waals surface area (Å²) in [6.45, 7) is 7.31. The Balaban J connectivity index is 3.30. The molecule has 0 radical (unpaired) electrons.